The number of pyridine rings is 1. The molecule has 1 aromatic heterocycles. The van der Waals surface area contributed by atoms with Crippen molar-refractivity contribution < 1.29 is 0 Å². The molecule has 0 aliphatic heterocycles. The second-order valence-corrected chi connectivity index (χ2v) is 3.93. The summed E-state index contributed by atoms with van der Waals surface area (Å²) in [6, 6.07) is 4.04. The summed E-state index contributed by atoms with van der Waals surface area (Å²) in [5, 5.41) is 0. The van der Waals surface area contributed by atoms with Gasteiger partial charge in [0.25, 0.3) is 0 Å². The first kappa shape index (κ1) is 8.98. The standard InChI is InChI=1S/C11H15N/c1-5-9-6-7-12-10(8-9)11(2,3)4/h5-8H,1H2,2-4H3. The zero-order chi connectivity index (χ0) is 9.19. The van der Waals surface area contributed by atoms with Crippen LogP contribution in [0.4, 0.5) is 0 Å². The number of nitrogens with zero attached hydrogens (tertiary/aromatic N) is 1. The van der Waals surface area contributed by atoms with Gasteiger partial charge in [-0.25, -0.2) is 0 Å². The van der Waals surface area contributed by atoms with E-state index in [2.05, 4.69) is 38.4 Å². The highest BCUT2D eigenvalue weighted by atomic mass is 14.7. The molecule has 0 aliphatic carbocycles. The summed E-state index contributed by atoms with van der Waals surface area (Å²) in [5.74, 6) is 0. The molecule has 0 N–H and O–H groups in total. The molecule has 0 fully saturated rings. The summed E-state index contributed by atoms with van der Waals surface area (Å²) >= 11 is 0. The fraction of sp³-hybridized carbons (Fsp3) is 0.364. The lowest BCUT2D eigenvalue weighted by Gasteiger charge is -2.17. The van der Waals surface area contributed by atoms with E-state index in [-0.39, 0.29) is 5.41 Å². The lowest BCUT2D eigenvalue weighted by Crippen LogP contribution is -2.13. The van der Waals surface area contributed by atoms with E-state index in [9.17, 15) is 0 Å². The van der Waals surface area contributed by atoms with Gasteiger partial charge in [-0.15, -0.1) is 0 Å². The third kappa shape index (κ3) is 1.94. The Bertz CT molecular complexity index is 281. The molecule has 0 spiro atoms. The van der Waals surface area contributed by atoms with Gasteiger partial charge in [0.15, 0.2) is 0 Å². The highest BCUT2D eigenvalue weighted by Gasteiger charge is 2.14. The molecule has 0 aromatic carbocycles. The van der Waals surface area contributed by atoms with Gasteiger partial charge in [0, 0.05) is 17.3 Å². The minimum Gasteiger partial charge on any atom is -0.261 e. The summed E-state index contributed by atoms with van der Waals surface area (Å²) < 4.78 is 0. The molecular formula is C11H15N. The Balaban J connectivity index is 3.10. The quantitative estimate of drug-likeness (QED) is 0.617. The molecule has 0 atom stereocenters. The van der Waals surface area contributed by atoms with Crippen LogP contribution in [-0.4, -0.2) is 4.98 Å². The minimum atomic E-state index is 0.124. The second-order valence-electron chi connectivity index (χ2n) is 3.93. The largest absolute Gasteiger partial charge is 0.261 e. The Kier molecular flexibility index (Phi) is 2.32. The van der Waals surface area contributed by atoms with Crippen molar-refractivity contribution in [3.05, 3.63) is 36.2 Å². The average Bonchev–Trinajstić information content (AvgIpc) is 2.03. The van der Waals surface area contributed by atoms with Crippen LogP contribution in [0.3, 0.4) is 0 Å². The van der Waals surface area contributed by atoms with Crippen LogP contribution in [0.15, 0.2) is 24.9 Å². The fourth-order valence-electron chi connectivity index (χ4n) is 0.984. The molecule has 1 rings (SSSR count). The Morgan fingerprint density at radius 1 is 1.42 bits per heavy atom. The van der Waals surface area contributed by atoms with Crippen LogP contribution in [0.2, 0.25) is 0 Å². The van der Waals surface area contributed by atoms with Gasteiger partial charge in [0.1, 0.15) is 0 Å². The van der Waals surface area contributed by atoms with Crippen molar-refractivity contribution in [2.24, 2.45) is 0 Å². The zero-order valence-electron chi connectivity index (χ0n) is 7.96. The van der Waals surface area contributed by atoms with Crippen molar-refractivity contribution in [2.75, 3.05) is 0 Å². The number of rotatable bonds is 1. The van der Waals surface area contributed by atoms with Crippen molar-refractivity contribution in [1.82, 2.24) is 4.98 Å². The Hall–Kier alpha value is -1.11. The van der Waals surface area contributed by atoms with Gasteiger partial charge >= 0.3 is 0 Å². The molecule has 0 saturated heterocycles. The highest BCUT2D eigenvalue weighted by molar-refractivity contribution is 5.47. The lowest BCUT2D eigenvalue weighted by molar-refractivity contribution is 0.569. The average molecular weight is 161 g/mol. The normalized spacial score (nSPS) is 11.2. The van der Waals surface area contributed by atoms with Gasteiger partial charge in [-0.1, -0.05) is 33.4 Å². The minimum absolute atomic E-state index is 0.124. The first-order valence-electron chi connectivity index (χ1n) is 4.13. The third-order valence-corrected chi connectivity index (χ3v) is 1.79. The maximum atomic E-state index is 4.31. The third-order valence-electron chi connectivity index (χ3n) is 1.79. The molecule has 0 bridgehead atoms. The monoisotopic (exact) mass is 161 g/mol. The van der Waals surface area contributed by atoms with Crippen molar-refractivity contribution in [3.8, 4) is 0 Å². The van der Waals surface area contributed by atoms with Gasteiger partial charge in [0.2, 0.25) is 0 Å². The van der Waals surface area contributed by atoms with E-state index in [1.807, 2.05) is 18.3 Å². The summed E-state index contributed by atoms with van der Waals surface area (Å²) in [6.45, 7) is 10.2. The van der Waals surface area contributed by atoms with Crippen LogP contribution in [0, 0.1) is 0 Å². The van der Waals surface area contributed by atoms with Gasteiger partial charge in [-0.05, 0) is 17.7 Å². The molecule has 0 aliphatic rings. The van der Waals surface area contributed by atoms with Crippen LogP contribution < -0.4 is 0 Å². The van der Waals surface area contributed by atoms with Crippen LogP contribution in [0.5, 0.6) is 0 Å². The van der Waals surface area contributed by atoms with E-state index < -0.39 is 0 Å². The molecular weight excluding hydrogens is 146 g/mol. The van der Waals surface area contributed by atoms with Crippen LogP contribution in [0.25, 0.3) is 6.08 Å². The molecule has 0 radical (unpaired) electrons. The first-order valence-corrected chi connectivity index (χ1v) is 4.13. The van der Waals surface area contributed by atoms with E-state index in [1.165, 1.54) is 0 Å². The fourth-order valence-corrected chi connectivity index (χ4v) is 0.984. The maximum Gasteiger partial charge on any atom is 0.0462 e. The molecule has 1 heterocycles. The molecule has 0 saturated carbocycles. The molecule has 64 valence electrons. The Morgan fingerprint density at radius 3 is 2.58 bits per heavy atom. The SMILES string of the molecule is C=Cc1ccnc(C(C)(C)C)c1. The molecule has 1 aromatic rings. The Labute approximate surface area is 74.2 Å². The maximum absolute atomic E-state index is 4.31. The van der Waals surface area contributed by atoms with E-state index in [0.717, 1.165) is 11.3 Å². The zero-order valence-corrected chi connectivity index (χ0v) is 7.96. The van der Waals surface area contributed by atoms with E-state index in [0.29, 0.717) is 0 Å². The number of hydrogen-bond donors (Lipinski definition) is 0. The van der Waals surface area contributed by atoms with Crippen LogP contribution in [0.1, 0.15) is 32.0 Å². The van der Waals surface area contributed by atoms with Crippen molar-refractivity contribution >= 4 is 6.08 Å². The van der Waals surface area contributed by atoms with Gasteiger partial charge in [-0.3, -0.25) is 4.98 Å². The highest BCUT2D eigenvalue weighted by Crippen LogP contribution is 2.20. The second kappa shape index (κ2) is 3.10. The van der Waals surface area contributed by atoms with Crippen LogP contribution in [-0.2, 0) is 5.41 Å². The number of hydrogen-bond acceptors (Lipinski definition) is 1. The topological polar surface area (TPSA) is 12.9 Å². The van der Waals surface area contributed by atoms with E-state index in [4.69, 9.17) is 0 Å². The van der Waals surface area contributed by atoms with Gasteiger partial charge in [0.05, 0.1) is 0 Å². The predicted octanol–water partition coefficient (Wildman–Crippen LogP) is 3.02. The lowest BCUT2D eigenvalue weighted by atomic mass is 9.91. The van der Waals surface area contributed by atoms with Crippen LogP contribution >= 0.6 is 0 Å². The Morgan fingerprint density at radius 2 is 2.08 bits per heavy atom. The number of aromatic nitrogens is 1. The van der Waals surface area contributed by atoms with Crippen molar-refractivity contribution in [1.29, 1.82) is 0 Å². The summed E-state index contributed by atoms with van der Waals surface area (Å²) in [6.07, 6.45) is 3.68. The molecule has 0 unspecified atom stereocenters. The first-order chi connectivity index (χ1) is 5.54. The van der Waals surface area contributed by atoms with Crippen molar-refractivity contribution in [3.63, 3.8) is 0 Å². The summed E-state index contributed by atoms with van der Waals surface area (Å²) in [5.41, 5.74) is 2.37. The van der Waals surface area contributed by atoms with Crippen molar-refractivity contribution in [2.45, 2.75) is 26.2 Å². The molecule has 1 heteroatoms. The summed E-state index contributed by atoms with van der Waals surface area (Å²) in [4.78, 5) is 4.31. The van der Waals surface area contributed by atoms with E-state index >= 15 is 0 Å². The predicted molar refractivity (Wildman–Crippen MR) is 53.0 cm³/mol. The molecule has 1 nitrogen and oxygen atoms in total. The molecule has 12 heavy (non-hydrogen) atoms. The van der Waals surface area contributed by atoms with Gasteiger partial charge in [-0.2, -0.15) is 0 Å². The van der Waals surface area contributed by atoms with Gasteiger partial charge < -0.3 is 0 Å². The van der Waals surface area contributed by atoms with E-state index in [1.54, 1.807) is 0 Å². The smallest absolute Gasteiger partial charge is 0.0462 e. The summed E-state index contributed by atoms with van der Waals surface area (Å²) in [7, 11) is 0. The molecule has 0 amide bonds.